The van der Waals surface area contributed by atoms with Gasteiger partial charge in [0.25, 0.3) is 0 Å². The number of anilines is 1. The molecule has 24 heavy (non-hydrogen) atoms. The number of piperazine rings is 1. The molecule has 128 valence electrons. The minimum Gasteiger partial charge on any atom is -0.369 e. The molecule has 3 rings (SSSR count). The lowest BCUT2D eigenvalue weighted by Gasteiger charge is -2.36. The summed E-state index contributed by atoms with van der Waals surface area (Å²) in [5, 5.41) is 0. The normalized spacial score (nSPS) is 16.4. The monoisotopic (exact) mass is 408 g/mol. The molecule has 1 heterocycles. The fourth-order valence-corrected chi connectivity index (χ4v) is 4.67. The lowest BCUT2D eigenvalue weighted by Crippen LogP contribution is -2.48. The van der Waals surface area contributed by atoms with Crippen LogP contribution in [0.25, 0.3) is 0 Å². The van der Waals surface area contributed by atoms with Gasteiger partial charge in [0.05, 0.1) is 4.90 Å². The van der Waals surface area contributed by atoms with Crippen LogP contribution in [0.4, 0.5) is 5.69 Å². The van der Waals surface area contributed by atoms with Gasteiger partial charge in [-0.3, -0.25) is 0 Å². The highest BCUT2D eigenvalue weighted by molar-refractivity contribution is 9.10. The number of rotatable bonds is 3. The van der Waals surface area contributed by atoms with Crippen LogP contribution in [-0.2, 0) is 10.0 Å². The topological polar surface area (TPSA) is 40.6 Å². The van der Waals surface area contributed by atoms with Crippen molar-refractivity contribution in [1.82, 2.24) is 4.31 Å². The summed E-state index contributed by atoms with van der Waals surface area (Å²) >= 11 is 3.34. The molecule has 1 aliphatic heterocycles. The van der Waals surface area contributed by atoms with Crippen molar-refractivity contribution in [1.29, 1.82) is 0 Å². The highest BCUT2D eigenvalue weighted by atomic mass is 79.9. The maximum atomic E-state index is 12.8. The smallest absolute Gasteiger partial charge is 0.243 e. The van der Waals surface area contributed by atoms with Gasteiger partial charge in [-0.15, -0.1) is 0 Å². The van der Waals surface area contributed by atoms with Crippen molar-refractivity contribution < 1.29 is 8.42 Å². The van der Waals surface area contributed by atoms with Gasteiger partial charge in [-0.1, -0.05) is 28.1 Å². The molecule has 0 unspecified atom stereocenters. The average molecular weight is 409 g/mol. The van der Waals surface area contributed by atoms with E-state index in [2.05, 4.69) is 52.9 Å². The third-order valence-corrected chi connectivity index (χ3v) is 6.84. The third-order valence-electron chi connectivity index (χ3n) is 4.40. The second kappa shape index (κ2) is 6.86. The van der Waals surface area contributed by atoms with E-state index in [1.807, 2.05) is 0 Å². The Labute approximate surface area is 152 Å². The first-order valence-electron chi connectivity index (χ1n) is 7.96. The van der Waals surface area contributed by atoms with Crippen LogP contribution in [0.5, 0.6) is 0 Å². The zero-order chi connectivity index (χ0) is 17.3. The molecular weight excluding hydrogens is 388 g/mol. The second-order valence-electron chi connectivity index (χ2n) is 6.13. The fraction of sp³-hybridized carbons (Fsp3) is 0.333. The van der Waals surface area contributed by atoms with Crippen LogP contribution < -0.4 is 4.90 Å². The zero-order valence-corrected chi connectivity index (χ0v) is 16.3. The van der Waals surface area contributed by atoms with Gasteiger partial charge in [0.15, 0.2) is 0 Å². The number of benzene rings is 2. The maximum absolute atomic E-state index is 12.8. The van der Waals surface area contributed by atoms with Gasteiger partial charge in [0, 0.05) is 36.3 Å². The van der Waals surface area contributed by atoms with Gasteiger partial charge >= 0.3 is 0 Å². The summed E-state index contributed by atoms with van der Waals surface area (Å²) in [5.41, 5.74) is 3.65. The minimum absolute atomic E-state index is 0.353. The van der Waals surface area contributed by atoms with Crippen molar-refractivity contribution in [3.05, 3.63) is 58.1 Å². The van der Waals surface area contributed by atoms with Crippen molar-refractivity contribution in [3.63, 3.8) is 0 Å². The summed E-state index contributed by atoms with van der Waals surface area (Å²) in [4.78, 5) is 2.63. The lowest BCUT2D eigenvalue weighted by atomic mass is 10.1. The van der Waals surface area contributed by atoms with E-state index in [4.69, 9.17) is 0 Å². The van der Waals surface area contributed by atoms with Crippen LogP contribution in [0.2, 0.25) is 0 Å². The van der Waals surface area contributed by atoms with Crippen LogP contribution in [0.15, 0.2) is 51.8 Å². The summed E-state index contributed by atoms with van der Waals surface area (Å²) < 4.78 is 28.0. The molecule has 0 spiro atoms. The summed E-state index contributed by atoms with van der Waals surface area (Å²) in [5.74, 6) is 0. The molecule has 0 aliphatic carbocycles. The van der Waals surface area contributed by atoms with E-state index in [9.17, 15) is 8.42 Å². The van der Waals surface area contributed by atoms with Crippen LogP contribution in [0.3, 0.4) is 0 Å². The molecule has 1 saturated heterocycles. The van der Waals surface area contributed by atoms with Crippen LogP contribution in [-0.4, -0.2) is 38.9 Å². The first kappa shape index (κ1) is 17.5. The van der Waals surface area contributed by atoms with Gasteiger partial charge < -0.3 is 4.90 Å². The molecule has 6 heteroatoms. The fourth-order valence-electron chi connectivity index (χ4n) is 2.99. The standard InChI is InChI=1S/C18H21BrN2O2S/c1-14-3-4-15(2)18(13-14)20-9-11-21(12-10-20)24(22,23)17-7-5-16(19)6-8-17/h3-8,13H,9-12H2,1-2H3. The molecule has 4 nitrogen and oxygen atoms in total. The molecule has 0 atom stereocenters. The van der Waals surface area contributed by atoms with E-state index in [0.717, 1.165) is 4.47 Å². The number of sulfonamides is 1. The molecule has 0 N–H and O–H groups in total. The summed E-state index contributed by atoms with van der Waals surface area (Å²) in [6.07, 6.45) is 0. The Morgan fingerprint density at radius 2 is 1.54 bits per heavy atom. The molecule has 0 amide bonds. The Morgan fingerprint density at radius 3 is 2.17 bits per heavy atom. The average Bonchev–Trinajstić information content (AvgIpc) is 2.57. The Balaban J connectivity index is 1.75. The lowest BCUT2D eigenvalue weighted by molar-refractivity contribution is 0.384. The predicted octanol–water partition coefficient (Wildman–Crippen LogP) is 3.58. The Bertz CT molecular complexity index is 827. The van der Waals surface area contributed by atoms with Crippen LogP contribution >= 0.6 is 15.9 Å². The van der Waals surface area contributed by atoms with Crippen molar-refractivity contribution >= 4 is 31.6 Å². The molecule has 2 aromatic carbocycles. The summed E-state index contributed by atoms with van der Waals surface area (Å²) in [6.45, 7) is 6.61. The number of hydrogen-bond donors (Lipinski definition) is 0. The summed E-state index contributed by atoms with van der Waals surface area (Å²) in [7, 11) is -3.42. The molecule has 0 radical (unpaired) electrons. The van der Waals surface area contributed by atoms with E-state index < -0.39 is 10.0 Å². The first-order chi connectivity index (χ1) is 11.4. The Kier molecular flexibility index (Phi) is 4.99. The Hall–Kier alpha value is -1.37. The summed E-state index contributed by atoms with van der Waals surface area (Å²) in [6, 6.07) is 13.2. The molecule has 1 aliphatic rings. The van der Waals surface area contributed by atoms with Crippen molar-refractivity contribution in [2.45, 2.75) is 18.7 Å². The highest BCUT2D eigenvalue weighted by Gasteiger charge is 2.28. The predicted molar refractivity (Wildman–Crippen MR) is 101 cm³/mol. The quantitative estimate of drug-likeness (QED) is 0.778. The molecule has 1 fully saturated rings. The van der Waals surface area contributed by atoms with Crippen molar-refractivity contribution in [2.24, 2.45) is 0 Å². The van der Waals surface area contributed by atoms with E-state index in [1.54, 1.807) is 28.6 Å². The van der Waals surface area contributed by atoms with Crippen LogP contribution in [0, 0.1) is 13.8 Å². The zero-order valence-electron chi connectivity index (χ0n) is 13.9. The molecule has 2 aromatic rings. The largest absolute Gasteiger partial charge is 0.369 e. The van der Waals surface area contributed by atoms with E-state index in [1.165, 1.54) is 16.8 Å². The van der Waals surface area contributed by atoms with Gasteiger partial charge in [0.1, 0.15) is 0 Å². The van der Waals surface area contributed by atoms with Gasteiger partial charge in [-0.2, -0.15) is 4.31 Å². The Morgan fingerprint density at radius 1 is 0.917 bits per heavy atom. The molecule has 0 saturated carbocycles. The van der Waals surface area contributed by atoms with Gasteiger partial charge in [-0.05, 0) is 55.3 Å². The van der Waals surface area contributed by atoms with E-state index in [-0.39, 0.29) is 0 Å². The van der Waals surface area contributed by atoms with Gasteiger partial charge in [-0.25, -0.2) is 8.42 Å². The van der Waals surface area contributed by atoms with Crippen LogP contribution in [0.1, 0.15) is 11.1 Å². The van der Waals surface area contributed by atoms with Crippen molar-refractivity contribution in [2.75, 3.05) is 31.1 Å². The van der Waals surface area contributed by atoms with Crippen molar-refractivity contribution in [3.8, 4) is 0 Å². The molecule has 0 aromatic heterocycles. The minimum atomic E-state index is -3.42. The highest BCUT2D eigenvalue weighted by Crippen LogP contribution is 2.25. The number of aryl methyl sites for hydroxylation is 2. The maximum Gasteiger partial charge on any atom is 0.243 e. The van der Waals surface area contributed by atoms with Gasteiger partial charge in [0.2, 0.25) is 10.0 Å². The second-order valence-corrected chi connectivity index (χ2v) is 8.99. The molecular formula is C18H21BrN2O2S. The van der Waals surface area contributed by atoms with E-state index >= 15 is 0 Å². The number of halogens is 1. The first-order valence-corrected chi connectivity index (χ1v) is 10.2. The number of hydrogen-bond acceptors (Lipinski definition) is 3. The molecule has 0 bridgehead atoms. The van der Waals surface area contributed by atoms with E-state index in [0.29, 0.717) is 31.1 Å². The number of nitrogens with zero attached hydrogens (tertiary/aromatic N) is 2. The third kappa shape index (κ3) is 3.50. The SMILES string of the molecule is Cc1ccc(C)c(N2CCN(S(=O)(=O)c3ccc(Br)cc3)CC2)c1.